The molecule has 0 bridgehead atoms. The van der Waals surface area contributed by atoms with Crippen LogP contribution in [0.15, 0.2) is 42.5 Å². The summed E-state index contributed by atoms with van der Waals surface area (Å²) in [6, 6.07) is 13.7. The number of hydrogen-bond donors (Lipinski definition) is 2. The van der Waals surface area contributed by atoms with Crippen molar-refractivity contribution in [3.63, 3.8) is 0 Å². The van der Waals surface area contributed by atoms with Crippen LogP contribution in [0.2, 0.25) is 0 Å². The van der Waals surface area contributed by atoms with Crippen molar-refractivity contribution in [2.24, 2.45) is 0 Å². The van der Waals surface area contributed by atoms with Crippen LogP contribution in [-0.4, -0.2) is 57.9 Å². The van der Waals surface area contributed by atoms with Crippen molar-refractivity contribution in [2.45, 2.75) is 6.92 Å². The first-order valence-electron chi connectivity index (χ1n) is 9.72. The third-order valence-corrected chi connectivity index (χ3v) is 6.06. The van der Waals surface area contributed by atoms with Gasteiger partial charge in [-0.05, 0) is 49.5 Å². The van der Waals surface area contributed by atoms with Gasteiger partial charge in [0.05, 0.1) is 49.3 Å². The number of H-pyrrole nitrogens is 1. The molecule has 1 aliphatic rings. The molecular formula is C21H22N5OS+. The molecule has 2 N–H and O–H groups in total. The molecule has 1 fully saturated rings. The van der Waals surface area contributed by atoms with Crippen LogP contribution in [0.5, 0.6) is 0 Å². The normalized spacial score (nSPS) is 15.7. The molecule has 0 spiro atoms. The van der Waals surface area contributed by atoms with Gasteiger partial charge in [-0.15, -0.1) is 0 Å². The van der Waals surface area contributed by atoms with Gasteiger partial charge >= 0.3 is 0 Å². The number of rotatable bonds is 2. The Kier molecular flexibility index (Phi) is 4.14. The molecule has 0 atom stereocenters. The van der Waals surface area contributed by atoms with E-state index in [-0.39, 0.29) is 5.91 Å². The first-order chi connectivity index (χ1) is 13.7. The third kappa shape index (κ3) is 2.70. The maximum atomic E-state index is 13.0. The number of nitrogens with one attached hydrogen (secondary N) is 2. The number of likely N-dealkylation sites (N-methyl/N-ethyl adjacent to an activating group) is 1. The topological polar surface area (TPSA) is 57.8 Å². The Morgan fingerprint density at radius 3 is 2.79 bits per heavy atom. The molecule has 2 aromatic carbocycles. The number of carbonyl (C=O) groups excluding carboxylic acids is 1. The minimum atomic E-state index is 0.0877. The van der Waals surface area contributed by atoms with E-state index >= 15 is 0 Å². The zero-order valence-electron chi connectivity index (χ0n) is 15.7. The second kappa shape index (κ2) is 6.68. The molecule has 2 aromatic heterocycles. The summed E-state index contributed by atoms with van der Waals surface area (Å²) in [5.74, 6) is 0.0877. The molecule has 1 saturated heterocycles. The van der Waals surface area contributed by atoms with E-state index in [1.807, 2.05) is 51.8 Å². The molecule has 0 aliphatic carbocycles. The minimum absolute atomic E-state index is 0.0877. The number of aromatic amines is 1. The molecule has 5 rings (SSSR count). The Morgan fingerprint density at radius 1 is 1.21 bits per heavy atom. The number of hydrogen-bond acceptors (Lipinski definition) is 3. The summed E-state index contributed by atoms with van der Waals surface area (Å²) in [5.41, 5.74) is 4.25. The maximum Gasteiger partial charge on any atom is 0.254 e. The molecule has 4 aromatic rings. The van der Waals surface area contributed by atoms with Gasteiger partial charge in [0.1, 0.15) is 5.65 Å². The van der Waals surface area contributed by atoms with Crippen LogP contribution in [0.25, 0.3) is 27.6 Å². The van der Waals surface area contributed by atoms with Crippen LogP contribution >= 0.6 is 12.2 Å². The smallest absolute Gasteiger partial charge is 0.254 e. The highest BCUT2D eigenvalue weighted by atomic mass is 32.1. The van der Waals surface area contributed by atoms with E-state index in [1.165, 1.54) is 0 Å². The lowest BCUT2D eigenvalue weighted by Crippen LogP contribution is -3.14. The van der Waals surface area contributed by atoms with E-state index < -0.39 is 0 Å². The van der Waals surface area contributed by atoms with Gasteiger partial charge in [0, 0.05) is 10.9 Å². The molecule has 28 heavy (non-hydrogen) atoms. The summed E-state index contributed by atoms with van der Waals surface area (Å²) in [6.45, 7) is 6.95. The highest BCUT2D eigenvalue weighted by Gasteiger charge is 2.24. The van der Waals surface area contributed by atoms with E-state index in [1.54, 1.807) is 4.90 Å². The predicted octanol–water partition coefficient (Wildman–Crippen LogP) is 2.06. The number of fused-ring (bicyclic) bond motifs is 5. The minimum Gasteiger partial charge on any atom is -0.332 e. The summed E-state index contributed by atoms with van der Waals surface area (Å²) in [7, 11) is 0. The second-order valence-electron chi connectivity index (χ2n) is 7.35. The second-order valence-corrected chi connectivity index (χ2v) is 7.73. The summed E-state index contributed by atoms with van der Waals surface area (Å²) >= 11 is 5.59. The number of imidazole rings is 1. The third-order valence-electron chi connectivity index (χ3n) is 5.77. The zero-order valence-corrected chi connectivity index (χ0v) is 16.6. The van der Waals surface area contributed by atoms with Gasteiger partial charge in [-0.2, -0.15) is 0 Å². The number of quaternary nitrogens is 1. The van der Waals surface area contributed by atoms with Crippen molar-refractivity contribution in [3.05, 3.63) is 52.8 Å². The number of amides is 1. The predicted molar refractivity (Wildman–Crippen MR) is 113 cm³/mol. The van der Waals surface area contributed by atoms with Crippen LogP contribution in [0, 0.1) is 4.77 Å². The van der Waals surface area contributed by atoms with E-state index in [0.717, 1.165) is 60.3 Å². The van der Waals surface area contributed by atoms with Crippen LogP contribution in [0.3, 0.4) is 0 Å². The molecule has 142 valence electrons. The molecule has 3 heterocycles. The van der Waals surface area contributed by atoms with Crippen LogP contribution in [-0.2, 0) is 0 Å². The lowest BCUT2D eigenvalue weighted by molar-refractivity contribution is -0.902. The van der Waals surface area contributed by atoms with Crippen LogP contribution in [0.1, 0.15) is 17.3 Å². The largest absolute Gasteiger partial charge is 0.332 e. The number of benzene rings is 2. The Morgan fingerprint density at radius 2 is 2.00 bits per heavy atom. The molecule has 7 heteroatoms. The Bertz CT molecular complexity index is 1270. The highest BCUT2D eigenvalue weighted by Crippen LogP contribution is 2.24. The van der Waals surface area contributed by atoms with Crippen LogP contribution in [0.4, 0.5) is 0 Å². The van der Waals surface area contributed by atoms with E-state index in [2.05, 4.69) is 11.9 Å². The fourth-order valence-corrected chi connectivity index (χ4v) is 4.42. The fraction of sp³-hybridized carbons (Fsp3) is 0.286. The number of para-hydroxylation sites is 2. The van der Waals surface area contributed by atoms with Crippen molar-refractivity contribution >= 4 is 45.7 Å². The number of piperazine rings is 1. The number of nitrogens with zero attached hydrogens (tertiary/aromatic N) is 3. The standard InChI is InChI=1S/C21H21N5OS/c1-2-24-9-11-25(12-10-24)20(27)14-7-8-15-17(13-14)23-21(28)26-18-6-4-3-5-16(18)22-19(15)26/h3-8,13H,2,9-12H2,1H3,(H,23,28)/p+1. The molecule has 6 nitrogen and oxygen atoms in total. The quantitative estimate of drug-likeness (QED) is 0.514. The first kappa shape index (κ1) is 17.3. The summed E-state index contributed by atoms with van der Waals surface area (Å²) in [4.78, 5) is 24.5. The lowest BCUT2D eigenvalue weighted by atomic mass is 10.1. The molecule has 1 aliphatic heterocycles. The summed E-state index contributed by atoms with van der Waals surface area (Å²) in [5, 5.41) is 0.960. The molecule has 1 amide bonds. The van der Waals surface area contributed by atoms with Gasteiger partial charge in [0.15, 0.2) is 4.77 Å². The van der Waals surface area contributed by atoms with Crippen molar-refractivity contribution in [1.29, 1.82) is 0 Å². The van der Waals surface area contributed by atoms with E-state index in [4.69, 9.17) is 17.2 Å². The summed E-state index contributed by atoms with van der Waals surface area (Å²) in [6.07, 6.45) is 0. The van der Waals surface area contributed by atoms with E-state index in [0.29, 0.717) is 10.3 Å². The SMILES string of the molecule is CC[NH+]1CCN(C(=O)c2ccc3c(c2)[nH]c(=S)n2c4ccccc4nc32)CC1. The molecule has 0 radical (unpaired) electrons. The molecular weight excluding hydrogens is 370 g/mol. The Labute approximate surface area is 167 Å². The Balaban J connectivity index is 1.58. The average molecular weight is 393 g/mol. The highest BCUT2D eigenvalue weighted by molar-refractivity contribution is 7.71. The average Bonchev–Trinajstić information content (AvgIpc) is 3.13. The van der Waals surface area contributed by atoms with E-state index in [9.17, 15) is 4.79 Å². The number of aromatic nitrogens is 3. The monoisotopic (exact) mass is 392 g/mol. The van der Waals surface area contributed by atoms with Crippen molar-refractivity contribution in [3.8, 4) is 0 Å². The Hall–Kier alpha value is -2.77. The molecule has 0 unspecified atom stereocenters. The lowest BCUT2D eigenvalue weighted by Gasteiger charge is -2.31. The zero-order chi connectivity index (χ0) is 19.3. The van der Waals surface area contributed by atoms with Gasteiger partial charge in [-0.1, -0.05) is 12.1 Å². The van der Waals surface area contributed by atoms with Crippen molar-refractivity contribution in [2.75, 3.05) is 32.7 Å². The van der Waals surface area contributed by atoms with Crippen LogP contribution < -0.4 is 4.90 Å². The fourth-order valence-electron chi connectivity index (χ4n) is 4.12. The van der Waals surface area contributed by atoms with Gasteiger partial charge < -0.3 is 14.8 Å². The van der Waals surface area contributed by atoms with Gasteiger partial charge in [-0.25, -0.2) is 4.98 Å². The van der Waals surface area contributed by atoms with Gasteiger partial charge in [-0.3, -0.25) is 9.20 Å². The maximum absolute atomic E-state index is 13.0. The van der Waals surface area contributed by atoms with Crippen molar-refractivity contribution < 1.29 is 9.69 Å². The summed E-state index contributed by atoms with van der Waals surface area (Å²) < 4.78 is 2.54. The molecule has 0 saturated carbocycles. The van der Waals surface area contributed by atoms with Gasteiger partial charge in [0.25, 0.3) is 5.91 Å². The number of carbonyl (C=O) groups is 1. The van der Waals surface area contributed by atoms with Crippen molar-refractivity contribution in [1.82, 2.24) is 19.3 Å². The first-order valence-corrected chi connectivity index (χ1v) is 10.1. The van der Waals surface area contributed by atoms with Gasteiger partial charge in [0.2, 0.25) is 0 Å².